The van der Waals surface area contributed by atoms with Crippen LogP contribution in [0.25, 0.3) is 0 Å². The molecule has 1 amide bonds. The molecule has 21 heavy (non-hydrogen) atoms. The van der Waals surface area contributed by atoms with Crippen LogP contribution in [0.1, 0.15) is 24.8 Å². The van der Waals surface area contributed by atoms with Crippen molar-refractivity contribution in [1.29, 1.82) is 0 Å². The molecule has 1 aliphatic rings. The van der Waals surface area contributed by atoms with Crippen LogP contribution in [-0.4, -0.2) is 30.4 Å². The average molecular weight is 319 g/mol. The van der Waals surface area contributed by atoms with Gasteiger partial charge in [0.1, 0.15) is 11.6 Å². The third kappa shape index (κ3) is 4.93. The number of carbonyl (C=O) groups is 1. The van der Waals surface area contributed by atoms with Crippen LogP contribution in [0.4, 0.5) is 8.78 Å². The zero-order valence-electron chi connectivity index (χ0n) is 11.9. The molecule has 6 heteroatoms. The Morgan fingerprint density at radius 1 is 1.38 bits per heavy atom. The van der Waals surface area contributed by atoms with Crippen LogP contribution in [0.5, 0.6) is 0 Å². The minimum atomic E-state index is -0.658. The van der Waals surface area contributed by atoms with E-state index in [-0.39, 0.29) is 30.3 Å². The molecule has 1 aliphatic heterocycles. The van der Waals surface area contributed by atoms with Crippen LogP contribution >= 0.6 is 12.4 Å². The molecule has 0 aliphatic carbocycles. The van der Waals surface area contributed by atoms with Gasteiger partial charge in [-0.05, 0) is 43.4 Å². The lowest BCUT2D eigenvalue weighted by Gasteiger charge is -2.32. The highest BCUT2D eigenvalue weighted by Crippen LogP contribution is 2.20. The van der Waals surface area contributed by atoms with E-state index in [1.807, 2.05) is 0 Å². The Bertz CT molecular complexity index is 483. The molecule has 1 atom stereocenters. The number of piperidine rings is 1. The Balaban J connectivity index is 0.00000220. The third-order valence-electron chi connectivity index (χ3n) is 3.80. The number of nitrogens with zero attached hydrogens (tertiary/aromatic N) is 1. The van der Waals surface area contributed by atoms with E-state index >= 15 is 0 Å². The maximum absolute atomic E-state index is 13.5. The van der Waals surface area contributed by atoms with Crippen molar-refractivity contribution in [3.05, 3.63) is 35.4 Å². The van der Waals surface area contributed by atoms with Crippen LogP contribution in [-0.2, 0) is 11.2 Å². The number of hydrogen-bond acceptors (Lipinski definition) is 2. The standard InChI is InChI=1S/C15H20F2N2O.ClH/c16-13-4-3-12(14(17)9-13)8-15(20)19-7-1-2-11(10-19)5-6-18;/h3-4,9,11H,1-2,5-8,10,18H2;1H. The number of nitrogens with two attached hydrogens (primary N) is 1. The lowest BCUT2D eigenvalue weighted by Crippen LogP contribution is -2.41. The van der Waals surface area contributed by atoms with Crippen molar-refractivity contribution in [1.82, 2.24) is 4.90 Å². The van der Waals surface area contributed by atoms with Crippen molar-refractivity contribution in [2.45, 2.75) is 25.7 Å². The fourth-order valence-corrected chi connectivity index (χ4v) is 2.70. The molecular formula is C15H21ClF2N2O. The molecule has 2 rings (SSSR count). The second-order valence-corrected chi connectivity index (χ2v) is 5.34. The largest absolute Gasteiger partial charge is 0.342 e. The van der Waals surface area contributed by atoms with Gasteiger partial charge in [-0.3, -0.25) is 4.79 Å². The molecule has 3 nitrogen and oxygen atoms in total. The fraction of sp³-hybridized carbons (Fsp3) is 0.533. The van der Waals surface area contributed by atoms with Crippen LogP contribution in [0, 0.1) is 17.6 Å². The number of hydrogen-bond donors (Lipinski definition) is 1. The molecule has 1 aromatic rings. The van der Waals surface area contributed by atoms with Crippen LogP contribution in [0.3, 0.4) is 0 Å². The predicted octanol–water partition coefficient (Wildman–Crippen LogP) is 2.52. The molecule has 1 saturated heterocycles. The van der Waals surface area contributed by atoms with Crippen molar-refractivity contribution >= 4 is 18.3 Å². The van der Waals surface area contributed by atoms with E-state index in [0.29, 0.717) is 25.6 Å². The van der Waals surface area contributed by atoms with Gasteiger partial charge >= 0.3 is 0 Å². The summed E-state index contributed by atoms with van der Waals surface area (Å²) in [4.78, 5) is 14.0. The topological polar surface area (TPSA) is 46.3 Å². The maximum atomic E-state index is 13.5. The van der Waals surface area contributed by atoms with Crippen molar-refractivity contribution in [2.24, 2.45) is 11.7 Å². The molecule has 0 spiro atoms. The highest BCUT2D eigenvalue weighted by Gasteiger charge is 2.23. The summed E-state index contributed by atoms with van der Waals surface area (Å²) in [6, 6.07) is 3.33. The molecule has 0 aromatic heterocycles. The summed E-state index contributed by atoms with van der Waals surface area (Å²) in [5.74, 6) is -0.943. The first kappa shape index (κ1) is 17.9. The quantitative estimate of drug-likeness (QED) is 0.927. The van der Waals surface area contributed by atoms with Gasteiger partial charge < -0.3 is 10.6 Å². The molecular weight excluding hydrogens is 298 g/mol. The Morgan fingerprint density at radius 2 is 2.14 bits per heavy atom. The van der Waals surface area contributed by atoms with Crippen LogP contribution in [0.2, 0.25) is 0 Å². The van der Waals surface area contributed by atoms with Gasteiger partial charge in [-0.1, -0.05) is 6.07 Å². The molecule has 1 aromatic carbocycles. The highest BCUT2D eigenvalue weighted by atomic mass is 35.5. The smallest absolute Gasteiger partial charge is 0.227 e. The minimum absolute atomic E-state index is 0. The van der Waals surface area contributed by atoms with Crippen molar-refractivity contribution in [2.75, 3.05) is 19.6 Å². The first-order chi connectivity index (χ1) is 9.60. The fourth-order valence-electron chi connectivity index (χ4n) is 2.70. The number of halogens is 3. The highest BCUT2D eigenvalue weighted by molar-refractivity contribution is 5.85. The zero-order chi connectivity index (χ0) is 14.5. The number of amides is 1. The summed E-state index contributed by atoms with van der Waals surface area (Å²) >= 11 is 0. The van der Waals surface area contributed by atoms with Gasteiger partial charge in [-0.2, -0.15) is 0 Å². The van der Waals surface area contributed by atoms with E-state index in [0.717, 1.165) is 25.3 Å². The summed E-state index contributed by atoms with van der Waals surface area (Å²) in [6.45, 7) is 2.03. The molecule has 2 N–H and O–H groups in total. The van der Waals surface area contributed by atoms with E-state index in [9.17, 15) is 13.6 Å². The van der Waals surface area contributed by atoms with Crippen LogP contribution < -0.4 is 5.73 Å². The molecule has 0 bridgehead atoms. The summed E-state index contributed by atoms with van der Waals surface area (Å²) < 4.78 is 26.4. The number of carbonyl (C=O) groups excluding carboxylic acids is 1. The van der Waals surface area contributed by atoms with Gasteiger partial charge in [0.25, 0.3) is 0 Å². The predicted molar refractivity (Wildman–Crippen MR) is 80.3 cm³/mol. The first-order valence-electron chi connectivity index (χ1n) is 7.02. The monoisotopic (exact) mass is 318 g/mol. The second kappa shape index (κ2) is 8.29. The second-order valence-electron chi connectivity index (χ2n) is 5.34. The summed E-state index contributed by atoms with van der Waals surface area (Å²) in [7, 11) is 0. The van der Waals surface area contributed by atoms with Gasteiger partial charge in [0, 0.05) is 19.2 Å². The average Bonchev–Trinajstić information content (AvgIpc) is 2.42. The SMILES string of the molecule is Cl.NCCC1CCCN(C(=O)Cc2ccc(F)cc2F)C1. The molecule has 1 fully saturated rings. The van der Waals surface area contributed by atoms with Gasteiger partial charge in [0.05, 0.1) is 6.42 Å². The molecule has 1 heterocycles. The van der Waals surface area contributed by atoms with E-state index < -0.39 is 11.6 Å². The first-order valence-corrected chi connectivity index (χ1v) is 7.02. The van der Waals surface area contributed by atoms with E-state index in [2.05, 4.69) is 0 Å². The van der Waals surface area contributed by atoms with Crippen molar-refractivity contribution < 1.29 is 13.6 Å². The maximum Gasteiger partial charge on any atom is 0.227 e. The Kier molecular flexibility index (Phi) is 7.05. The van der Waals surface area contributed by atoms with E-state index in [1.165, 1.54) is 12.1 Å². The number of benzene rings is 1. The van der Waals surface area contributed by atoms with E-state index in [1.54, 1.807) is 4.90 Å². The third-order valence-corrected chi connectivity index (χ3v) is 3.80. The zero-order valence-corrected chi connectivity index (χ0v) is 12.7. The summed E-state index contributed by atoms with van der Waals surface area (Å²) in [5, 5.41) is 0. The summed E-state index contributed by atoms with van der Waals surface area (Å²) in [6.07, 6.45) is 2.95. The lowest BCUT2D eigenvalue weighted by atomic mass is 9.94. The molecule has 0 radical (unpaired) electrons. The van der Waals surface area contributed by atoms with Crippen LogP contribution in [0.15, 0.2) is 18.2 Å². The van der Waals surface area contributed by atoms with Crippen molar-refractivity contribution in [3.8, 4) is 0 Å². The molecule has 0 saturated carbocycles. The Labute approximate surface area is 129 Å². The minimum Gasteiger partial charge on any atom is -0.342 e. The van der Waals surface area contributed by atoms with Gasteiger partial charge in [0.15, 0.2) is 0 Å². The summed E-state index contributed by atoms with van der Waals surface area (Å²) in [5.41, 5.74) is 5.80. The van der Waals surface area contributed by atoms with Gasteiger partial charge in [0.2, 0.25) is 5.91 Å². The normalized spacial score (nSPS) is 18.2. The van der Waals surface area contributed by atoms with E-state index in [4.69, 9.17) is 5.73 Å². The molecule has 118 valence electrons. The Morgan fingerprint density at radius 3 is 2.81 bits per heavy atom. The van der Waals surface area contributed by atoms with Gasteiger partial charge in [-0.25, -0.2) is 8.78 Å². The van der Waals surface area contributed by atoms with Crippen molar-refractivity contribution in [3.63, 3.8) is 0 Å². The number of likely N-dealkylation sites (tertiary alicyclic amines) is 1. The van der Waals surface area contributed by atoms with Gasteiger partial charge in [-0.15, -0.1) is 12.4 Å². The number of rotatable bonds is 4. The molecule has 1 unspecified atom stereocenters. The lowest BCUT2D eigenvalue weighted by molar-refractivity contribution is -0.132. The Hall–Kier alpha value is -1.20.